The SMILES string of the molecule is CN(C)C(=S)NC(=S)c1ccccc1. The number of benzene rings is 1. The molecule has 0 bridgehead atoms. The Balaban J connectivity index is 2.65. The van der Waals surface area contributed by atoms with Crippen molar-refractivity contribution >= 4 is 34.5 Å². The molecule has 0 atom stereocenters. The van der Waals surface area contributed by atoms with Gasteiger partial charge in [-0.15, -0.1) is 0 Å². The Labute approximate surface area is 94.9 Å². The van der Waals surface area contributed by atoms with Crippen LogP contribution in [-0.2, 0) is 0 Å². The Kier molecular flexibility index (Phi) is 3.98. The maximum Gasteiger partial charge on any atom is 0.173 e. The molecule has 74 valence electrons. The third kappa shape index (κ3) is 3.05. The molecule has 4 heteroatoms. The Hall–Kier alpha value is -1.00. The van der Waals surface area contributed by atoms with Gasteiger partial charge in [-0.25, -0.2) is 0 Å². The second kappa shape index (κ2) is 5.02. The Morgan fingerprint density at radius 1 is 1.14 bits per heavy atom. The summed E-state index contributed by atoms with van der Waals surface area (Å²) in [6, 6.07) is 9.75. The van der Waals surface area contributed by atoms with Crippen LogP contribution in [0.25, 0.3) is 0 Å². The van der Waals surface area contributed by atoms with Crippen molar-refractivity contribution in [3.8, 4) is 0 Å². The van der Waals surface area contributed by atoms with Crippen molar-refractivity contribution in [1.82, 2.24) is 10.2 Å². The molecular weight excluding hydrogens is 212 g/mol. The number of nitrogens with zero attached hydrogens (tertiary/aromatic N) is 1. The minimum Gasteiger partial charge on any atom is -0.355 e. The zero-order chi connectivity index (χ0) is 10.6. The van der Waals surface area contributed by atoms with Gasteiger partial charge in [0.25, 0.3) is 0 Å². The van der Waals surface area contributed by atoms with E-state index >= 15 is 0 Å². The average molecular weight is 224 g/mol. The predicted molar refractivity (Wildman–Crippen MR) is 67.6 cm³/mol. The van der Waals surface area contributed by atoms with E-state index in [1.54, 1.807) is 0 Å². The molecule has 0 heterocycles. The number of hydrogen-bond donors (Lipinski definition) is 1. The molecule has 0 aliphatic heterocycles. The number of rotatable bonds is 1. The Morgan fingerprint density at radius 2 is 1.71 bits per heavy atom. The first-order valence-corrected chi connectivity index (χ1v) is 5.00. The van der Waals surface area contributed by atoms with Crippen molar-refractivity contribution in [2.24, 2.45) is 0 Å². The fourth-order valence-corrected chi connectivity index (χ4v) is 1.27. The molecule has 0 radical (unpaired) electrons. The van der Waals surface area contributed by atoms with Crippen LogP contribution in [0, 0.1) is 0 Å². The summed E-state index contributed by atoms with van der Waals surface area (Å²) in [5.41, 5.74) is 0.978. The zero-order valence-electron chi connectivity index (χ0n) is 8.15. The predicted octanol–water partition coefficient (Wildman–Crippen LogP) is 1.80. The van der Waals surface area contributed by atoms with Crippen LogP contribution in [-0.4, -0.2) is 29.1 Å². The molecular formula is C10H12N2S2. The van der Waals surface area contributed by atoms with Crippen molar-refractivity contribution in [1.29, 1.82) is 0 Å². The highest BCUT2D eigenvalue weighted by Gasteiger charge is 2.03. The molecule has 0 fully saturated rings. The third-order valence-corrected chi connectivity index (χ3v) is 2.47. The zero-order valence-corrected chi connectivity index (χ0v) is 9.78. The molecule has 0 amide bonds. The number of hydrogen-bond acceptors (Lipinski definition) is 2. The maximum atomic E-state index is 5.19. The second-order valence-electron chi connectivity index (χ2n) is 3.02. The summed E-state index contributed by atoms with van der Waals surface area (Å²) in [6.45, 7) is 0. The fraction of sp³-hybridized carbons (Fsp3) is 0.200. The van der Waals surface area contributed by atoms with Gasteiger partial charge in [0.2, 0.25) is 0 Å². The highest BCUT2D eigenvalue weighted by molar-refractivity contribution is 7.82. The van der Waals surface area contributed by atoms with E-state index in [0.29, 0.717) is 10.1 Å². The summed E-state index contributed by atoms with van der Waals surface area (Å²) < 4.78 is 0. The normalized spacial score (nSPS) is 9.29. The maximum absolute atomic E-state index is 5.19. The quantitative estimate of drug-likeness (QED) is 0.731. The van der Waals surface area contributed by atoms with Gasteiger partial charge in [-0.2, -0.15) is 0 Å². The molecule has 1 aromatic rings. The molecule has 1 aromatic carbocycles. The third-order valence-electron chi connectivity index (χ3n) is 1.66. The van der Waals surface area contributed by atoms with Gasteiger partial charge in [-0.05, 0) is 12.2 Å². The molecule has 1 rings (SSSR count). The lowest BCUT2D eigenvalue weighted by molar-refractivity contribution is 0.620. The van der Waals surface area contributed by atoms with Crippen LogP contribution >= 0.6 is 24.4 Å². The van der Waals surface area contributed by atoms with E-state index in [2.05, 4.69) is 5.32 Å². The largest absolute Gasteiger partial charge is 0.355 e. The molecule has 14 heavy (non-hydrogen) atoms. The van der Waals surface area contributed by atoms with E-state index < -0.39 is 0 Å². The summed E-state index contributed by atoms with van der Waals surface area (Å²) in [5, 5.41) is 3.61. The molecule has 0 spiro atoms. The van der Waals surface area contributed by atoms with Gasteiger partial charge >= 0.3 is 0 Å². The van der Waals surface area contributed by atoms with Crippen LogP contribution < -0.4 is 5.32 Å². The van der Waals surface area contributed by atoms with Gasteiger partial charge in [-0.3, -0.25) is 0 Å². The minimum atomic E-state index is 0.624. The van der Waals surface area contributed by atoms with Crippen LogP contribution in [0.5, 0.6) is 0 Å². The average Bonchev–Trinajstić information content (AvgIpc) is 2.19. The lowest BCUT2D eigenvalue weighted by Gasteiger charge is -2.15. The first-order valence-electron chi connectivity index (χ1n) is 4.19. The Bertz CT molecular complexity index is 333. The lowest BCUT2D eigenvalue weighted by Crippen LogP contribution is -2.37. The lowest BCUT2D eigenvalue weighted by atomic mass is 10.2. The highest BCUT2D eigenvalue weighted by atomic mass is 32.1. The van der Waals surface area contributed by atoms with Crippen molar-refractivity contribution in [2.75, 3.05) is 14.1 Å². The molecule has 0 aliphatic rings. The van der Waals surface area contributed by atoms with Crippen molar-refractivity contribution in [3.63, 3.8) is 0 Å². The summed E-state index contributed by atoms with van der Waals surface area (Å²) in [7, 11) is 3.76. The van der Waals surface area contributed by atoms with Gasteiger partial charge in [-0.1, -0.05) is 42.5 Å². The van der Waals surface area contributed by atoms with Gasteiger partial charge in [0.15, 0.2) is 5.11 Å². The number of thiocarbonyl (C=S) groups is 2. The van der Waals surface area contributed by atoms with E-state index in [4.69, 9.17) is 24.4 Å². The topological polar surface area (TPSA) is 15.3 Å². The molecule has 0 saturated heterocycles. The molecule has 1 N–H and O–H groups in total. The van der Waals surface area contributed by atoms with E-state index in [1.165, 1.54) is 0 Å². The van der Waals surface area contributed by atoms with Crippen LogP contribution in [0.1, 0.15) is 5.56 Å². The highest BCUT2D eigenvalue weighted by Crippen LogP contribution is 1.99. The smallest absolute Gasteiger partial charge is 0.173 e. The molecule has 2 nitrogen and oxygen atoms in total. The number of nitrogens with one attached hydrogen (secondary N) is 1. The minimum absolute atomic E-state index is 0.624. The molecule has 0 unspecified atom stereocenters. The monoisotopic (exact) mass is 224 g/mol. The van der Waals surface area contributed by atoms with Crippen LogP contribution in [0.3, 0.4) is 0 Å². The first-order chi connectivity index (χ1) is 6.61. The van der Waals surface area contributed by atoms with Crippen LogP contribution in [0.15, 0.2) is 30.3 Å². The van der Waals surface area contributed by atoms with Crippen molar-refractivity contribution in [2.45, 2.75) is 0 Å². The Morgan fingerprint density at radius 3 is 2.21 bits per heavy atom. The first kappa shape index (κ1) is 11.1. The van der Waals surface area contributed by atoms with Crippen LogP contribution in [0.4, 0.5) is 0 Å². The van der Waals surface area contributed by atoms with Gasteiger partial charge < -0.3 is 10.2 Å². The van der Waals surface area contributed by atoms with E-state index in [-0.39, 0.29) is 0 Å². The molecule has 0 aromatic heterocycles. The second-order valence-corrected chi connectivity index (χ2v) is 3.81. The van der Waals surface area contributed by atoms with Crippen molar-refractivity contribution in [3.05, 3.63) is 35.9 Å². The standard InChI is InChI=1S/C10H12N2S2/c1-12(2)10(14)11-9(13)8-6-4-3-5-7-8/h3-7H,1-2H3,(H,11,13,14). The summed E-state index contributed by atoms with van der Waals surface area (Å²) in [5.74, 6) is 0. The van der Waals surface area contributed by atoms with E-state index in [1.807, 2.05) is 49.3 Å². The van der Waals surface area contributed by atoms with Gasteiger partial charge in [0.1, 0.15) is 4.99 Å². The van der Waals surface area contributed by atoms with Crippen molar-refractivity contribution < 1.29 is 0 Å². The summed E-state index contributed by atoms with van der Waals surface area (Å²) >= 11 is 10.3. The molecule has 0 saturated carbocycles. The van der Waals surface area contributed by atoms with E-state index in [0.717, 1.165) is 5.56 Å². The van der Waals surface area contributed by atoms with Gasteiger partial charge in [0, 0.05) is 19.7 Å². The summed E-state index contributed by atoms with van der Waals surface area (Å²) in [4.78, 5) is 2.47. The van der Waals surface area contributed by atoms with Crippen LogP contribution in [0.2, 0.25) is 0 Å². The molecule has 0 aliphatic carbocycles. The summed E-state index contributed by atoms with van der Waals surface area (Å²) in [6.07, 6.45) is 0. The fourth-order valence-electron chi connectivity index (χ4n) is 0.871. The van der Waals surface area contributed by atoms with E-state index in [9.17, 15) is 0 Å². The van der Waals surface area contributed by atoms with Gasteiger partial charge in [0.05, 0.1) is 0 Å².